The molecule has 0 bridgehead atoms. The molecule has 1 aliphatic carbocycles. The van der Waals surface area contributed by atoms with Gasteiger partial charge in [0.25, 0.3) is 0 Å². The lowest BCUT2D eigenvalue weighted by Crippen LogP contribution is -2.22. The fourth-order valence-corrected chi connectivity index (χ4v) is 3.90. The molecule has 1 N–H and O–H groups in total. The van der Waals surface area contributed by atoms with E-state index < -0.39 is 5.97 Å². The zero-order chi connectivity index (χ0) is 14.0. The van der Waals surface area contributed by atoms with E-state index in [4.69, 9.17) is 5.11 Å². The molecular weight excluding hydrogens is 263 g/mol. The molecule has 0 aromatic heterocycles. The second kappa shape index (κ2) is 5.95. The zero-order valence-electron chi connectivity index (χ0n) is 11.2. The standard InChI is InChI=1S/C15H19FO2S/c1-9-3-5-12(7-10(9)2)19-14-8-11(15(17)18)4-6-13(14)16/h4,6,8-10,12H,3,5,7H2,1-2H3,(H,17,18). The first-order chi connectivity index (χ1) is 8.97. The summed E-state index contributed by atoms with van der Waals surface area (Å²) >= 11 is 1.49. The lowest BCUT2D eigenvalue weighted by Gasteiger charge is -2.31. The van der Waals surface area contributed by atoms with Crippen LogP contribution in [0.2, 0.25) is 0 Å². The van der Waals surface area contributed by atoms with Gasteiger partial charge in [-0.25, -0.2) is 9.18 Å². The Balaban J connectivity index is 2.10. The van der Waals surface area contributed by atoms with E-state index in [1.165, 1.54) is 36.4 Å². The highest BCUT2D eigenvalue weighted by molar-refractivity contribution is 8.00. The molecule has 0 spiro atoms. The Hall–Kier alpha value is -1.03. The number of hydrogen-bond acceptors (Lipinski definition) is 2. The van der Waals surface area contributed by atoms with Gasteiger partial charge in [0.2, 0.25) is 0 Å². The van der Waals surface area contributed by atoms with Crippen molar-refractivity contribution in [1.82, 2.24) is 0 Å². The van der Waals surface area contributed by atoms with Gasteiger partial charge in [-0.2, -0.15) is 0 Å². The molecule has 0 saturated heterocycles. The van der Waals surface area contributed by atoms with E-state index in [0.717, 1.165) is 18.8 Å². The number of benzene rings is 1. The first-order valence-electron chi connectivity index (χ1n) is 6.67. The van der Waals surface area contributed by atoms with Gasteiger partial charge in [-0.15, -0.1) is 11.8 Å². The smallest absolute Gasteiger partial charge is 0.335 e. The highest BCUT2D eigenvalue weighted by atomic mass is 32.2. The summed E-state index contributed by atoms with van der Waals surface area (Å²) in [7, 11) is 0. The van der Waals surface area contributed by atoms with Gasteiger partial charge in [0.15, 0.2) is 0 Å². The molecule has 0 heterocycles. The number of halogens is 1. The molecule has 2 rings (SSSR count). The molecule has 4 heteroatoms. The van der Waals surface area contributed by atoms with Gasteiger partial charge in [0.05, 0.1) is 5.56 Å². The summed E-state index contributed by atoms with van der Waals surface area (Å²) in [6.45, 7) is 4.50. The van der Waals surface area contributed by atoms with E-state index in [2.05, 4.69) is 13.8 Å². The van der Waals surface area contributed by atoms with Crippen molar-refractivity contribution in [3.05, 3.63) is 29.6 Å². The average molecular weight is 282 g/mol. The van der Waals surface area contributed by atoms with Gasteiger partial charge in [0.1, 0.15) is 5.82 Å². The predicted octanol–water partition coefficient (Wildman–Crippen LogP) is 4.44. The van der Waals surface area contributed by atoms with Crippen molar-refractivity contribution in [1.29, 1.82) is 0 Å². The molecule has 1 fully saturated rings. The topological polar surface area (TPSA) is 37.3 Å². The summed E-state index contributed by atoms with van der Waals surface area (Å²) in [5, 5.41) is 9.34. The number of aromatic carboxylic acids is 1. The van der Waals surface area contributed by atoms with E-state index in [0.29, 0.717) is 16.1 Å². The zero-order valence-corrected chi connectivity index (χ0v) is 12.0. The molecule has 19 heavy (non-hydrogen) atoms. The van der Waals surface area contributed by atoms with Crippen molar-refractivity contribution < 1.29 is 14.3 Å². The molecule has 1 saturated carbocycles. The van der Waals surface area contributed by atoms with E-state index in [1.54, 1.807) is 0 Å². The molecule has 0 aliphatic heterocycles. The Kier molecular flexibility index (Phi) is 4.50. The van der Waals surface area contributed by atoms with Gasteiger partial charge in [-0.3, -0.25) is 0 Å². The molecule has 0 amide bonds. The molecule has 0 radical (unpaired) electrons. The Labute approximate surface area is 117 Å². The van der Waals surface area contributed by atoms with E-state index in [1.807, 2.05) is 0 Å². The van der Waals surface area contributed by atoms with Crippen LogP contribution in [0.1, 0.15) is 43.5 Å². The Morgan fingerprint density at radius 2 is 2.05 bits per heavy atom. The third-order valence-corrected chi connectivity index (χ3v) is 5.35. The maximum Gasteiger partial charge on any atom is 0.335 e. The van der Waals surface area contributed by atoms with Gasteiger partial charge < -0.3 is 5.11 Å². The molecule has 1 aliphatic rings. The molecule has 104 valence electrons. The Morgan fingerprint density at radius 3 is 2.68 bits per heavy atom. The molecule has 2 nitrogen and oxygen atoms in total. The largest absolute Gasteiger partial charge is 0.478 e. The first kappa shape index (κ1) is 14.4. The number of carboxylic acid groups (broad SMARTS) is 1. The summed E-state index contributed by atoms with van der Waals surface area (Å²) in [5.74, 6) is 0.0535. The van der Waals surface area contributed by atoms with Crippen LogP contribution in [0.5, 0.6) is 0 Å². The van der Waals surface area contributed by atoms with Crippen LogP contribution >= 0.6 is 11.8 Å². The number of carboxylic acids is 1. The van der Waals surface area contributed by atoms with Gasteiger partial charge in [-0.1, -0.05) is 13.8 Å². The summed E-state index contributed by atoms with van der Waals surface area (Å²) in [4.78, 5) is 11.4. The Morgan fingerprint density at radius 1 is 1.32 bits per heavy atom. The predicted molar refractivity (Wildman–Crippen MR) is 75.2 cm³/mol. The van der Waals surface area contributed by atoms with Crippen molar-refractivity contribution in [2.24, 2.45) is 11.8 Å². The lowest BCUT2D eigenvalue weighted by atomic mass is 9.81. The molecule has 1 aromatic carbocycles. The summed E-state index contributed by atoms with van der Waals surface area (Å²) in [5.41, 5.74) is 0.154. The van der Waals surface area contributed by atoms with Crippen LogP contribution in [0.15, 0.2) is 23.1 Å². The lowest BCUT2D eigenvalue weighted by molar-refractivity contribution is 0.0696. The van der Waals surface area contributed by atoms with E-state index >= 15 is 0 Å². The summed E-state index contributed by atoms with van der Waals surface area (Å²) in [6, 6.07) is 4.01. The van der Waals surface area contributed by atoms with E-state index in [-0.39, 0.29) is 11.4 Å². The minimum atomic E-state index is -1.01. The van der Waals surface area contributed by atoms with Crippen LogP contribution in [0.3, 0.4) is 0 Å². The van der Waals surface area contributed by atoms with Crippen molar-refractivity contribution in [2.45, 2.75) is 43.3 Å². The van der Waals surface area contributed by atoms with Crippen molar-refractivity contribution >= 4 is 17.7 Å². The quantitative estimate of drug-likeness (QED) is 0.890. The second-order valence-electron chi connectivity index (χ2n) is 5.46. The minimum absolute atomic E-state index is 0.154. The van der Waals surface area contributed by atoms with Crippen molar-refractivity contribution in [3.8, 4) is 0 Å². The van der Waals surface area contributed by atoms with Crippen LogP contribution < -0.4 is 0 Å². The highest BCUT2D eigenvalue weighted by Gasteiger charge is 2.26. The average Bonchev–Trinajstić information content (AvgIpc) is 2.36. The fourth-order valence-electron chi connectivity index (χ4n) is 2.51. The maximum absolute atomic E-state index is 13.7. The number of thioether (sulfide) groups is 1. The third-order valence-electron chi connectivity index (χ3n) is 4.02. The molecule has 3 atom stereocenters. The Bertz CT molecular complexity index is 475. The van der Waals surface area contributed by atoms with Crippen molar-refractivity contribution in [3.63, 3.8) is 0 Å². The van der Waals surface area contributed by atoms with Crippen LogP contribution in [0.4, 0.5) is 4.39 Å². The monoisotopic (exact) mass is 282 g/mol. The summed E-state index contributed by atoms with van der Waals surface area (Å²) in [6.07, 6.45) is 3.31. The molecular formula is C15H19FO2S. The first-order valence-corrected chi connectivity index (χ1v) is 7.55. The van der Waals surface area contributed by atoms with Crippen LogP contribution in [0, 0.1) is 17.7 Å². The van der Waals surface area contributed by atoms with Crippen molar-refractivity contribution in [2.75, 3.05) is 0 Å². The van der Waals surface area contributed by atoms with Crippen LogP contribution in [-0.4, -0.2) is 16.3 Å². The number of rotatable bonds is 3. The number of carbonyl (C=O) groups is 1. The number of hydrogen-bond donors (Lipinski definition) is 1. The SMILES string of the molecule is CC1CCC(Sc2cc(C(=O)O)ccc2F)CC1C. The van der Waals surface area contributed by atoms with E-state index in [9.17, 15) is 9.18 Å². The van der Waals surface area contributed by atoms with Crippen LogP contribution in [0.25, 0.3) is 0 Å². The third kappa shape index (κ3) is 3.50. The molecule has 3 unspecified atom stereocenters. The maximum atomic E-state index is 13.7. The normalized spacial score (nSPS) is 27.2. The highest BCUT2D eigenvalue weighted by Crippen LogP contribution is 2.39. The minimum Gasteiger partial charge on any atom is -0.478 e. The van der Waals surface area contributed by atoms with Gasteiger partial charge >= 0.3 is 5.97 Å². The fraction of sp³-hybridized carbons (Fsp3) is 0.533. The van der Waals surface area contributed by atoms with Crippen LogP contribution in [-0.2, 0) is 0 Å². The van der Waals surface area contributed by atoms with Gasteiger partial charge in [0, 0.05) is 10.1 Å². The van der Waals surface area contributed by atoms with Gasteiger partial charge in [-0.05, 0) is 49.3 Å². The summed E-state index contributed by atoms with van der Waals surface area (Å²) < 4.78 is 13.7. The second-order valence-corrected chi connectivity index (χ2v) is 6.80. The molecule has 1 aromatic rings.